The highest BCUT2D eigenvalue weighted by atomic mass is 35.5. The first-order valence-electron chi connectivity index (χ1n) is 6.99. The number of likely N-dealkylation sites (N-methyl/N-ethyl adjacent to an activating group) is 1. The van der Waals surface area contributed by atoms with E-state index in [-0.39, 0.29) is 5.56 Å². The maximum atomic E-state index is 13.5. The van der Waals surface area contributed by atoms with Crippen molar-refractivity contribution in [3.8, 4) is 0 Å². The lowest BCUT2D eigenvalue weighted by molar-refractivity contribution is -0.143. The number of halogens is 2. The van der Waals surface area contributed by atoms with Gasteiger partial charge >= 0.3 is 5.97 Å². The van der Waals surface area contributed by atoms with Crippen molar-refractivity contribution in [1.82, 2.24) is 4.90 Å². The zero-order valence-electron chi connectivity index (χ0n) is 12.5. The normalized spacial score (nSPS) is 12.4. The van der Waals surface area contributed by atoms with Crippen LogP contribution < -0.4 is 0 Å². The smallest absolute Gasteiger partial charge is 0.325 e. The van der Waals surface area contributed by atoms with Crippen LogP contribution in [-0.4, -0.2) is 28.1 Å². The molecular formula is C17H17ClFNO3. The predicted octanol–water partition coefficient (Wildman–Crippen LogP) is 3.23. The number of aliphatic hydroxyl groups is 1. The Bertz CT molecular complexity index is 708. The number of aliphatic carboxylic acids is 1. The molecule has 1 atom stereocenters. The molecular weight excluding hydrogens is 321 g/mol. The molecule has 0 amide bonds. The van der Waals surface area contributed by atoms with Crippen molar-refractivity contribution in [2.24, 2.45) is 0 Å². The first kappa shape index (κ1) is 17.4. The standard InChI is InChI=1S/C17H17ClFNO3/c1-20(9-12-4-2-3-5-14(12)18)16(17(22)23)11-6-7-15(19)13(8-11)10-21/h2-8,16,21H,9-10H2,1H3,(H,22,23)/t16-/m0/s1. The molecule has 0 fully saturated rings. The van der Waals surface area contributed by atoms with E-state index in [1.165, 1.54) is 18.2 Å². The highest BCUT2D eigenvalue weighted by Crippen LogP contribution is 2.26. The van der Waals surface area contributed by atoms with Gasteiger partial charge in [0, 0.05) is 17.1 Å². The fourth-order valence-corrected chi connectivity index (χ4v) is 2.65. The van der Waals surface area contributed by atoms with Gasteiger partial charge in [-0.05, 0) is 36.4 Å². The Labute approximate surface area is 138 Å². The third-order valence-electron chi connectivity index (χ3n) is 3.61. The van der Waals surface area contributed by atoms with E-state index in [4.69, 9.17) is 16.7 Å². The Balaban J connectivity index is 2.31. The number of carboxylic acids is 1. The van der Waals surface area contributed by atoms with Crippen molar-refractivity contribution in [2.45, 2.75) is 19.2 Å². The Kier molecular flexibility index (Phi) is 5.71. The van der Waals surface area contributed by atoms with Crippen LogP contribution in [0.15, 0.2) is 42.5 Å². The molecule has 4 nitrogen and oxygen atoms in total. The second-order valence-electron chi connectivity index (χ2n) is 5.26. The number of hydrogen-bond donors (Lipinski definition) is 2. The summed E-state index contributed by atoms with van der Waals surface area (Å²) in [5.74, 6) is -1.62. The first-order chi connectivity index (χ1) is 10.9. The number of hydrogen-bond acceptors (Lipinski definition) is 3. The van der Waals surface area contributed by atoms with Gasteiger partial charge in [-0.25, -0.2) is 4.39 Å². The first-order valence-corrected chi connectivity index (χ1v) is 7.37. The molecule has 0 aromatic heterocycles. The van der Waals surface area contributed by atoms with Crippen LogP contribution in [0.5, 0.6) is 0 Å². The van der Waals surface area contributed by atoms with Crippen molar-refractivity contribution in [3.05, 3.63) is 70.0 Å². The second-order valence-corrected chi connectivity index (χ2v) is 5.66. The summed E-state index contributed by atoms with van der Waals surface area (Å²) in [5, 5.41) is 19.3. The van der Waals surface area contributed by atoms with Crippen LogP contribution in [0.1, 0.15) is 22.7 Å². The number of rotatable bonds is 6. The average Bonchev–Trinajstić information content (AvgIpc) is 2.51. The molecule has 0 aliphatic carbocycles. The highest BCUT2D eigenvalue weighted by Gasteiger charge is 2.26. The van der Waals surface area contributed by atoms with Gasteiger partial charge in [0.05, 0.1) is 6.61 Å². The summed E-state index contributed by atoms with van der Waals surface area (Å²) >= 11 is 6.11. The third kappa shape index (κ3) is 4.07. The minimum Gasteiger partial charge on any atom is -0.480 e. The quantitative estimate of drug-likeness (QED) is 0.849. The van der Waals surface area contributed by atoms with Crippen LogP contribution in [0.3, 0.4) is 0 Å². The van der Waals surface area contributed by atoms with Crippen molar-refractivity contribution < 1.29 is 19.4 Å². The van der Waals surface area contributed by atoms with Crippen molar-refractivity contribution in [3.63, 3.8) is 0 Å². The van der Waals surface area contributed by atoms with E-state index in [0.717, 1.165) is 5.56 Å². The molecule has 2 aromatic carbocycles. The van der Waals surface area contributed by atoms with Gasteiger partial charge < -0.3 is 10.2 Å². The molecule has 122 valence electrons. The van der Waals surface area contributed by atoms with Gasteiger partial charge in [0.15, 0.2) is 0 Å². The molecule has 0 saturated carbocycles. The number of aliphatic hydroxyl groups excluding tert-OH is 1. The van der Waals surface area contributed by atoms with Crippen LogP contribution in [0.4, 0.5) is 4.39 Å². The Morgan fingerprint density at radius 3 is 2.57 bits per heavy atom. The van der Waals surface area contributed by atoms with Crippen LogP contribution >= 0.6 is 11.6 Å². The number of carbonyl (C=O) groups is 1. The summed E-state index contributed by atoms with van der Waals surface area (Å²) in [6, 6.07) is 10.2. The van der Waals surface area contributed by atoms with E-state index in [1.54, 1.807) is 24.1 Å². The van der Waals surface area contributed by atoms with Gasteiger partial charge in [0.25, 0.3) is 0 Å². The topological polar surface area (TPSA) is 60.8 Å². The fourth-order valence-electron chi connectivity index (χ4n) is 2.46. The van der Waals surface area contributed by atoms with Gasteiger partial charge in [-0.1, -0.05) is 35.9 Å². The summed E-state index contributed by atoms with van der Waals surface area (Å²) in [4.78, 5) is 13.3. The fraction of sp³-hybridized carbons (Fsp3) is 0.235. The predicted molar refractivity (Wildman–Crippen MR) is 85.6 cm³/mol. The van der Waals surface area contributed by atoms with E-state index >= 15 is 0 Å². The molecule has 23 heavy (non-hydrogen) atoms. The summed E-state index contributed by atoms with van der Waals surface area (Å²) in [6.07, 6.45) is 0. The van der Waals surface area contributed by atoms with E-state index in [2.05, 4.69) is 0 Å². The van der Waals surface area contributed by atoms with Crippen LogP contribution in [0.2, 0.25) is 5.02 Å². The lowest BCUT2D eigenvalue weighted by Crippen LogP contribution is -2.30. The van der Waals surface area contributed by atoms with Crippen LogP contribution in [-0.2, 0) is 17.9 Å². The zero-order chi connectivity index (χ0) is 17.0. The highest BCUT2D eigenvalue weighted by molar-refractivity contribution is 6.31. The van der Waals surface area contributed by atoms with Gasteiger partial charge in [0.1, 0.15) is 11.9 Å². The zero-order valence-corrected chi connectivity index (χ0v) is 13.3. The molecule has 0 unspecified atom stereocenters. The minimum atomic E-state index is -1.06. The number of carboxylic acid groups (broad SMARTS) is 1. The summed E-state index contributed by atoms with van der Waals surface area (Å²) in [7, 11) is 1.66. The second kappa shape index (κ2) is 7.55. The van der Waals surface area contributed by atoms with Gasteiger partial charge in [-0.3, -0.25) is 9.69 Å². The van der Waals surface area contributed by atoms with Gasteiger partial charge in [-0.2, -0.15) is 0 Å². The van der Waals surface area contributed by atoms with E-state index in [1.807, 2.05) is 12.1 Å². The maximum Gasteiger partial charge on any atom is 0.325 e. The molecule has 0 aliphatic heterocycles. The maximum absolute atomic E-state index is 13.5. The minimum absolute atomic E-state index is 0.0693. The molecule has 0 aliphatic rings. The molecule has 0 heterocycles. The summed E-state index contributed by atoms with van der Waals surface area (Å²) in [6.45, 7) is -0.164. The molecule has 2 aromatic rings. The summed E-state index contributed by atoms with van der Waals surface area (Å²) < 4.78 is 13.5. The monoisotopic (exact) mass is 337 g/mol. The molecule has 2 N–H and O–H groups in total. The molecule has 0 radical (unpaired) electrons. The summed E-state index contributed by atoms with van der Waals surface area (Å²) in [5.41, 5.74) is 1.27. The Morgan fingerprint density at radius 1 is 1.26 bits per heavy atom. The molecule has 0 saturated heterocycles. The third-order valence-corrected chi connectivity index (χ3v) is 3.98. The number of nitrogens with zero attached hydrogens (tertiary/aromatic N) is 1. The Morgan fingerprint density at radius 2 is 1.96 bits per heavy atom. The van der Waals surface area contributed by atoms with Gasteiger partial charge in [-0.15, -0.1) is 0 Å². The lowest BCUT2D eigenvalue weighted by Gasteiger charge is -2.25. The van der Waals surface area contributed by atoms with Crippen molar-refractivity contribution in [1.29, 1.82) is 0 Å². The Hall–Kier alpha value is -1.95. The van der Waals surface area contributed by atoms with Crippen molar-refractivity contribution >= 4 is 17.6 Å². The van der Waals surface area contributed by atoms with Crippen LogP contribution in [0.25, 0.3) is 0 Å². The van der Waals surface area contributed by atoms with Crippen LogP contribution in [0, 0.1) is 5.82 Å². The van der Waals surface area contributed by atoms with E-state index in [9.17, 15) is 14.3 Å². The molecule has 6 heteroatoms. The lowest BCUT2D eigenvalue weighted by atomic mass is 10.0. The largest absolute Gasteiger partial charge is 0.480 e. The average molecular weight is 338 g/mol. The van der Waals surface area contributed by atoms with E-state index in [0.29, 0.717) is 17.1 Å². The van der Waals surface area contributed by atoms with E-state index < -0.39 is 24.4 Å². The molecule has 0 bridgehead atoms. The molecule has 2 rings (SSSR count). The number of benzene rings is 2. The van der Waals surface area contributed by atoms with Crippen molar-refractivity contribution in [2.75, 3.05) is 7.05 Å². The van der Waals surface area contributed by atoms with Gasteiger partial charge in [0.2, 0.25) is 0 Å². The SMILES string of the molecule is CN(Cc1ccccc1Cl)[C@H](C(=O)O)c1ccc(F)c(CO)c1. The molecule has 0 spiro atoms.